The molecule has 4 rings (SSSR count). The molecule has 1 amide bonds. The molecule has 2 N–H and O–H groups in total. The van der Waals surface area contributed by atoms with Gasteiger partial charge < -0.3 is 15.4 Å². The smallest absolute Gasteiger partial charge is 0.285 e. The second-order valence-electron chi connectivity index (χ2n) is 7.77. The van der Waals surface area contributed by atoms with Crippen LogP contribution in [0.5, 0.6) is 5.75 Å². The molecule has 32 heavy (non-hydrogen) atoms. The van der Waals surface area contributed by atoms with Crippen molar-refractivity contribution in [3.8, 4) is 5.75 Å². The first-order valence-electron chi connectivity index (χ1n) is 10.2. The summed E-state index contributed by atoms with van der Waals surface area (Å²) in [7, 11) is -3.70. The van der Waals surface area contributed by atoms with Gasteiger partial charge in [-0.1, -0.05) is 38.1 Å². The lowest BCUT2D eigenvalue weighted by molar-refractivity contribution is 0.102. The summed E-state index contributed by atoms with van der Waals surface area (Å²) in [4.78, 5) is 12.9. The van der Waals surface area contributed by atoms with Crippen LogP contribution in [-0.2, 0) is 10.0 Å². The number of fused-ring (bicyclic) bond motifs is 1. The summed E-state index contributed by atoms with van der Waals surface area (Å²) in [5.74, 6) is 0.967. The Labute approximate surface area is 187 Å². The van der Waals surface area contributed by atoms with Crippen LogP contribution in [0.15, 0.2) is 82.1 Å². The molecule has 8 heteroatoms. The molecule has 7 nitrogen and oxygen atoms in total. The van der Waals surface area contributed by atoms with Crippen LogP contribution in [0.2, 0.25) is 0 Å². The SMILES string of the molecule is CC(C)COc1ccccc1NC(=O)c1ccc(NC2=NS(=O)(=O)c3ccccc32)cc1. The number of nitrogens with zero attached hydrogens (tertiary/aromatic N) is 1. The fourth-order valence-electron chi connectivity index (χ4n) is 3.18. The molecule has 0 aliphatic carbocycles. The van der Waals surface area contributed by atoms with Crippen molar-refractivity contribution in [1.29, 1.82) is 0 Å². The molecule has 0 radical (unpaired) electrons. The molecule has 1 aliphatic rings. The zero-order chi connectivity index (χ0) is 22.7. The normalized spacial score (nSPS) is 13.9. The van der Waals surface area contributed by atoms with Gasteiger partial charge in [0.25, 0.3) is 15.9 Å². The third-order valence-electron chi connectivity index (χ3n) is 4.75. The fourth-order valence-corrected chi connectivity index (χ4v) is 4.36. The highest BCUT2D eigenvalue weighted by Crippen LogP contribution is 2.27. The molecular weight excluding hydrogens is 426 g/mol. The van der Waals surface area contributed by atoms with Crippen molar-refractivity contribution in [1.82, 2.24) is 0 Å². The molecular formula is C24H23N3O4S. The van der Waals surface area contributed by atoms with Crippen LogP contribution in [0, 0.1) is 5.92 Å². The minimum absolute atomic E-state index is 0.178. The number of carbonyl (C=O) groups is 1. The quantitative estimate of drug-likeness (QED) is 0.576. The number of para-hydroxylation sites is 2. The Balaban J connectivity index is 1.47. The predicted molar refractivity (Wildman–Crippen MR) is 125 cm³/mol. The van der Waals surface area contributed by atoms with E-state index in [0.29, 0.717) is 40.8 Å². The maximum Gasteiger partial charge on any atom is 0.285 e. The van der Waals surface area contributed by atoms with Crippen molar-refractivity contribution in [3.05, 3.63) is 83.9 Å². The highest BCUT2D eigenvalue weighted by atomic mass is 32.2. The van der Waals surface area contributed by atoms with E-state index in [1.165, 1.54) is 6.07 Å². The van der Waals surface area contributed by atoms with Crippen molar-refractivity contribution in [2.24, 2.45) is 10.3 Å². The van der Waals surface area contributed by atoms with E-state index in [4.69, 9.17) is 4.74 Å². The molecule has 0 aromatic heterocycles. The zero-order valence-corrected chi connectivity index (χ0v) is 18.5. The number of rotatable bonds is 6. The first-order chi connectivity index (χ1) is 15.3. The molecule has 3 aromatic carbocycles. The summed E-state index contributed by atoms with van der Waals surface area (Å²) < 4.78 is 34.0. The van der Waals surface area contributed by atoms with Crippen LogP contribution in [0.1, 0.15) is 29.8 Å². The molecule has 3 aromatic rings. The van der Waals surface area contributed by atoms with Gasteiger partial charge in [0, 0.05) is 16.8 Å². The number of benzene rings is 3. The number of carbonyl (C=O) groups excluding carboxylic acids is 1. The molecule has 1 heterocycles. The number of ether oxygens (including phenoxy) is 1. The lowest BCUT2D eigenvalue weighted by atomic mass is 10.1. The van der Waals surface area contributed by atoms with Crippen molar-refractivity contribution < 1.29 is 17.9 Å². The second-order valence-corrected chi connectivity index (χ2v) is 9.34. The van der Waals surface area contributed by atoms with Crippen LogP contribution in [-0.4, -0.2) is 26.8 Å². The van der Waals surface area contributed by atoms with Gasteiger partial charge in [0.15, 0.2) is 5.84 Å². The van der Waals surface area contributed by atoms with Gasteiger partial charge in [0.1, 0.15) is 10.6 Å². The van der Waals surface area contributed by atoms with Crippen molar-refractivity contribution in [3.63, 3.8) is 0 Å². The Morgan fingerprint density at radius 2 is 1.66 bits per heavy atom. The number of amidine groups is 1. The number of nitrogens with one attached hydrogen (secondary N) is 2. The van der Waals surface area contributed by atoms with Gasteiger partial charge in [-0.25, -0.2) is 0 Å². The minimum Gasteiger partial charge on any atom is -0.491 e. The molecule has 0 saturated heterocycles. The first kappa shape index (κ1) is 21.6. The molecule has 0 bridgehead atoms. The Morgan fingerprint density at radius 3 is 2.41 bits per heavy atom. The van der Waals surface area contributed by atoms with Crippen LogP contribution < -0.4 is 15.4 Å². The predicted octanol–water partition coefficient (Wildman–Crippen LogP) is 4.53. The van der Waals surface area contributed by atoms with E-state index in [-0.39, 0.29) is 16.6 Å². The van der Waals surface area contributed by atoms with Crippen molar-refractivity contribution >= 4 is 33.1 Å². The van der Waals surface area contributed by atoms with E-state index < -0.39 is 10.0 Å². The van der Waals surface area contributed by atoms with Gasteiger partial charge >= 0.3 is 0 Å². The van der Waals surface area contributed by atoms with Crippen molar-refractivity contribution in [2.75, 3.05) is 17.2 Å². The van der Waals surface area contributed by atoms with Crippen LogP contribution in [0.4, 0.5) is 11.4 Å². The Bertz CT molecular complexity index is 1280. The minimum atomic E-state index is -3.70. The summed E-state index contributed by atoms with van der Waals surface area (Å²) >= 11 is 0. The number of hydrogen-bond donors (Lipinski definition) is 2. The van der Waals surface area contributed by atoms with Gasteiger partial charge in [-0.3, -0.25) is 4.79 Å². The van der Waals surface area contributed by atoms with Gasteiger partial charge in [0.2, 0.25) is 0 Å². The molecule has 0 spiro atoms. The highest BCUT2D eigenvalue weighted by molar-refractivity contribution is 7.90. The van der Waals surface area contributed by atoms with E-state index >= 15 is 0 Å². The first-order valence-corrected chi connectivity index (χ1v) is 11.6. The van der Waals surface area contributed by atoms with Gasteiger partial charge in [0.05, 0.1) is 12.3 Å². The highest BCUT2D eigenvalue weighted by Gasteiger charge is 2.28. The van der Waals surface area contributed by atoms with E-state index in [1.54, 1.807) is 48.5 Å². The third-order valence-corrected chi connectivity index (χ3v) is 6.08. The Hall–Kier alpha value is -3.65. The number of hydrogen-bond acceptors (Lipinski definition) is 5. The Morgan fingerprint density at radius 1 is 0.969 bits per heavy atom. The molecule has 1 aliphatic heterocycles. The van der Waals surface area contributed by atoms with E-state index in [0.717, 1.165) is 0 Å². The van der Waals surface area contributed by atoms with Crippen molar-refractivity contribution in [2.45, 2.75) is 18.7 Å². The van der Waals surface area contributed by atoms with E-state index in [2.05, 4.69) is 28.9 Å². The van der Waals surface area contributed by atoms with Gasteiger partial charge in [-0.05, 0) is 54.4 Å². The summed E-state index contributed by atoms with van der Waals surface area (Å²) in [5.41, 5.74) is 2.19. The van der Waals surface area contributed by atoms with Crippen LogP contribution >= 0.6 is 0 Å². The fraction of sp³-hybridized carbons (Fsp3) is 0.167. The summed E-state index contributed by atoms with van der Waals surface area (Å²) in [6.07, 6.45) is 0. The lowest BCUT2D eigenvalue weighted by Gasteiger charge is -2.14. The number of amides is 1. The largest absolute Gasteiger partial charge is 0.491 e. The summed E-state index contributed by atoms with van der Waals surface area (Å²) in [6.45, 7) is 4.67. The maximum absolute atomic E-state index is 12.7. The monoisotopic (exact) mass is 449 g/mol. The average molecular weight is 450 g/mol. The van der Waals surface area contributed by atoms with E-state index in [9.17, 15) is 13.2 Å². The second kappa shape index (κ2) is 8.84. The summed E-state index contributed by atoms with van der Waals surface area (Å²) in [6, 6.07) is 20.7. The topological polar surface area (TPSA) is 96.9 Å². The molecule has 0 saturated carbocycles. The summed E-state index contributed by atoms with van der Waals surface area (Å²) in [5, 5.41) is 5.90. The number of sulfonamides is 1. The average Bonchev–Trinajstić information content (AvgIpc) is 3.03. The van der Waals surface area contributed by atoms with Gasteiger partial charge in [-0.15, -0.1) is 4.40 Å². The van der Waals surface area contributed by atoms with Crippen LogP contribution in [0.25, 0.3) is 0 Å². The maximum atomic E-state index is 12.7. The van der Waals surface area contributed by atoms with Gasteiger partial charge in [-0.2, -0.15) is 8.42 Å². The lowest BCUT2D eigenvalue weighted by Crippen LogP contribution is -2.14. The third kappa shape index (κ3) is 4.65. The van der Waals surface area contributed by atoms with E-state index in [1.807, 2.05) is 18.2 Å². The Kier molecular flexibility index (Phi) is 5.96. The zero-order valence-electron chi connectivity index (χ0n) is 17.7. The molecule has 0 atom stereocenters. The van der Waals surface area contributed by atoms with Crippen LogP contribution in [0.3, 0.4) is 0 Å². The standard InChI is InChI=1S/C24H23N3O4S/c1-16(2)15-31-21-9-5-4-8-20(21)26-24(28)17-11-13-18(14-12-17)25-23-19-7-3-6-10-22(19)32(29,30)27-23/h3-14,16H,15H2,1-2H3,(H,25,27)(H,26,28). The molecule has 0 unspecified atom stereocenters. The molecule has 0 fully saturated rings. The number of anilines is 2. The molecule has 164 valence electrons.